The van der Waals surface area contributed by atoms with Gasteiger partial charge in [0.15, 0.2) is 10.2 Å². The maximum absolute atomic E-state index is 6.20. The Hall–Kier alpha value is -2.31. The van der Waals surface area contributed by atoms with Gasteiger partial charge in [-0.2, -0.15) is 0 Å². The summed E-state index contributed by atoms with van der Waals surface area (Å²) in [4.78, 5) is 7.83. The van der Waals surface area contributed by atoms with E-state index in [0.29, 0.717) is 0 Å². The Morgan fingerprint density at radius 2 is 1.92 bits per heavy atom. The normalized spacial score (nSPS) is 19.6. The van der Waals surface area contributed by atoms with Crippen LogP contribution in [0.25, 0.3) is 0 Å². The Morgan fingerprint density at radius 1 is 1.12 bits per heavy atom. The van der Waals surface area contributed by atoms with Crippen LogP contribution in [0.1, 0.15) is 30.5 Å². The van der Waals surface area contributed by atoms with Crippen molar-refractivity contribution in [2.45, 2.75) is 29.0 Å². The van der Waals surface area contributed by atoms with Crippen LogP contribution in [0.3, 0.4) is 0 Å². The van der Waals surface area contributed by atoms with Gasteiger partial charge in [-0.15, -0.1) is 0 Å². The summed E-state index contributed by atoms with van der Waals surface area (Å²) in [6, 6.07) is 20.2. The van der Waals surface area contributed by atoms with Gasteiger partial charge >= 0.3 is 0 Å². The van der Waals surface area contributed by atoms with Crippen molar-refractivity contribution in [2.75, 3.05) is 6.54 Å². The molecule has 1 aliphatic heterocycles. The van der Waals surface area contributed by atoms with Crippen molar-refractivity contribution in [3.63, 3.8) is 0 Å². The second kappa shape index (κ2) is 7.51. The summed E-state index contributed by atoms with van der Waals surface area (Å²) in [5, 5.41) is 5.02. The fourth-order valence-corrected chi connectivity index (χ4v) is 4.38. The summed E-state index contributed by atoms with van der Waals surface area (Å²) in [6.45, 7) is 2.91. The average molecular weight is 382 g/mol. The van der Waals surface area contributed by atoms with Crippen LogP contribution in [-0.4, -0.2) is 21.5 Å². The highest BCUT2D eigenvalue weighted by Crippen LogP contribution is 2.40. The van der Waals surface area contributed by atoms with E-state index in [0.717, 1.165) is 33.1 Å². The van der Waals surface area contributed by atoms with Crippen molar-refractivity contribution in [1.29, 1.82) is 0 Å². The van der Waals surface area contributed by atoms with E-state index in [1.165, 1.54) is 0 Å². The van der Waals surface area contributed by atoms with Crippen molar-refractivity contribution >= 4 is 29.1 Å². The number of furan rings is 1. The highest BCUT2D eigenvalue weighted by atomic mass is 32.2. The zero-order valence-corrected chi connectivity index (χ0v) is 16.0. The maximum Gasteiger partial charge on any atom is 0.170 e. The molecule has 0 unspecified atom stereocenters. The monoisotopic (exact) mass is 381 g/mol. The Kier molecular flexibility index (Phi) is 4.95. The van der Waals surface area contributed by atoms with Crippen molar-refractivity contribution in [1.82, 2.24) is 15.2 Å². The number of thiocarbonyl (C=S) groups is 1. The lowest BCUT2D eigenvalue weighted by Gasteiger charge is -2.24. The fraction of sp³-hybridized carbons (Fsp3) is 0.200. The minimum absolute atomic E-state index is 0.00692. The molecular weight excluding hydrogens is 362 g/mol. The molecule has 1 fully saturated rings. The molecule has 0 radical (unpaired) electrons. The van der Waals surface area contributed by atoms with Crippen LogP contribution in [-0.2, 0) is 0 Å². The van der Waals surface area contributed by atoms with E-state index in [1.54, 1.807) is 11.8 Å². The lowest BCUT2D eigenvalue weighted by Crippen LogP contribution is -2.29. The number of hydrogen-bond acceptors (Lipinski definition) is 4. The van der Waals surface area contributed by atoms with Crippen molar-refractivity contribution in [3.05, 3.63) is 78.3 Å². The summed E-state index contributed by atoms with van der Waals surface area (Å²) >= 11 is 7.17. The standard InChI is InChI=1S/C20H19N3OS2/c1-2-23-19(18(22-20(23)25)15-10-6-7-13-21-15)16-11-12-17(24-16)26-14-8-4-3-5-9-14/h3-13,18-19H,2H2,1H3,(H,22,25)/t18-,19-/m0/s1. The lowest BCUT2D eigenvalue weighted by molar-refractivity contribution is 0.267. The Morgan fingerprint density at radius 3 is 2.65 bits per heavy atom. The number of likely N-dealkylation sites (N-methyl/N-ethyl adjacent to an activating group) is 1. The van der Waals surface area contributed by atoms with Gasteiger partial charge < -0.3 is 14.6 Å². The number of pyridine rings is 1. The molecule has 0 spiro atoms. The van der Waals surface area contributed by atoms with Gasteiger partial charge in [-0.25, -0.2) is 0 Å². The molecule has 0 bridgehead atoms. The molecule has 0 amide bonds. The number of benzene rings is 1. The SMILES string of the molecule is CCN1C(=S)N[C@@H](c2ccccn2)[C@@H]1c1ccc(Sc2ccccc2)o1. The molecule has 3 heterocycles. The summed E-state index contributed by atoms with van der Waals surface area (Å²) in [6.07, 6.45) is 1.81. The summed E-state index contributed by atoms with van der Waals surface area (Å²) < 4.78 is 6.20. The number of hydrogen-bond donors (Lipinski definition) is 1. The molecule has 3 aromatic rings. The molecule has 1 aliphatic rings. The molecule has 0 saturated carbocycles. The highest BCUT2D eigenvalue weighted by molar-refractivity contribution is 7.99. The molecule has 2 aromatic heterocycles. The number of nitrogens with one attached hydrogen (secondary N) is 1. The molecule has 1 N–H and O–H groups in total. The lowest BCUT2D eigenvalue weighted by atomic mass is 10.0. The average Bonchev–Trinajstić information content (AvgIpc) is 3.27. The van der Waals surface area contributed by atoms with E-state index < -0.39 is 0 Å². The Labute approximate surface area is 162 Å². The van der Waals surface area contributed by atoms with Gasteiger partial charge in [-0.1, -0.05) is 36.0 Å². The Balaban J connectivity index is 1.64. The van der Waals surface area contributed by atoms with Crippen LogP contribution in [0.2, 0.25) is 0 Å². The van der Waals surface area contributed by atoms with Crippen molar-refractivity contribution in [2.24, 2.45) is 0 Å². The predicted octanol–water partition coefficient (Wildman–Crippen LogP) is 4.82. The van der Waals surface area contributed by atoms with Crippen LogP contribution in [0, 0.1) is 0 Å². The molecular formula is C20H19N3OS2. The smallest absolute Gasteiger partial charge is 0.170 e. The first kappa shape index (κ1) is 17.1. The molecule has 4 nitrogen and oxygen atoms in total. The molecule has 1 saturated heterocycles. The molecule has 0 aliphatic carbocycles. The summed E-state index contributed by atoms with van der Waals surface area (Å²) in [7, 11) is 0. The molecule has 1 aromatic carbocycles. The van der Waals surface area contributed by atoms with E-state index in [2.05, 4.69) is 34.3 Å². The third-order valence-corrected chi connectivity index (χ3v) is 5.67. The van der Waals surface area contributed by atoms with E-state index in [-0.39, 0.29) is 12.1 Å². The quantitative estimate of drug-likeness (QED) is 0.639. The number of rotatable bonds is 5. The molecule has 6 heteroatoms. The Bertz CT molecular complexity index is 882. The van der Waals surface area contributed by atoms with Crippen LogP contribution in [0.4, 0.5) is 0 Å². The summed E-state index contributed by atoms with van der Waals surface area (Å²) in [5.74, 6) is 0.897. The first-order valence-electron chi connectivity index (χ1n) is 8.57. The predicted molar refractivity (Wildman–Crippen MR) is 107 cm³/mol. The molecule has 26 heavy (non-hydrogen) atoms. The number of nitrogens with zero attached hydrogens (tertiary/aromatic N) is 2. The second-order valence-corrected chi connectivity index (χ2v) is 7.45. The number of aromatic nitrogens is 1. The third kappa shape index (κ3) is 3.34. The van der Waals surface area contributed by atoms with Gasteiger partial charge in [0.2, 0.25) is 0 Å². The van der Waals surface area contributed by atoms with Gasteiger partial charge in [0.05, 0.1) is 11.7 Å². The zero-order chi connectivity index (χ0) is 17.9. The largest absolute Gasteiger partial charge is 0.452 e. The maximum atomic E-state index is 6.20. The zero-order valence-electron chi connectivity index (χ0n) is 14.3. The van der Waals surface area contributed by atoms with Crippen LogP contribution in [0.15, 0.2) is 81.3 Å². The van der Waals surface area contributed by atoms with E-state index in [9.17, 15) is 0 Å². The first-order valence-corrected chi connectivity index (χ1v) is 9.79. The van der Waals surface area contributed by atoms with Crippen LogP contribution >= 0.6 is 24.0 Å². The first-order chi connectivity index (χ1) is 12.8. The molecule has 4 rings (SSSR count). The van der Waals surface area contributed by atoms with Gasteiger partial charge in [-0.3, -0.25) is 4.98 Å². The fourth-order valence-electron chi connectivity index (χ4n) is 3.21. The van der Waals surface area contributed by atoms with Crippen molar-refractivity contribution < 1.29 is 4.42 Å². The van der Waals surface area contributed by atoms with Crippen LogP contribution < -0.4 is 5.32 Å². The van der Waals surface area contributed by atoms with Gasteiger partial charge in [0.1, 0.15) is 11.8 Å². The van der Waals surface area contributed by atoms with E-state index in [1.807, 2.05) is 54.7 Å². The van der Waals surface area contributed by atoms with Gasteiger partial charge in [0, 0.05) is 17.6 Å². The van der Waals surface area contributed by atoms with E-state index in [4.69, 9.17) is 16.6 Å². The topological polar surface area (TPSA) is 41.3 Å². The minimum Gasteiger partial charge on any atom is -0.452 e. The van der Waals surface area contributed by atoms with E-state index >= 15 is 0 Å². The molecule has 2 atom stereocenters. The second-order valence-electron chi connectivity index (χ2n) is 5.98. The highest BCUT2D eigenvalue weighted by Gasteiger charge is 2.40. The van der Waals surface area contributed by atoms with Crippen molar-refractivity contribution in [3.8, 4) is 0 Å². The summed E-state index contributed by atoms with van der Waals surface area (Å²) in [5.41, 5.74) is 0.962. The van der Waals surface area contributed by atoms with Crippen LogP contribution in [0.5, 0.6) is 0 Å². The van der Waals surface area contributed by atoms with Gasteiger partial charge in [-0.05, 0) is 55.5 Å². The minimum atomic E-state index is -0.0237. The molecule has 132 valence electrons. The third-order valence-electron chi connectivity index (χ3n) is 4.39. The van der Waals surface area contributed by atoms with Gasteiger partial charge in [0.25, 0.3) is 0 Å².